The molecule has 0 aliphatic rings. The van der Waals surface area contributed by atoms with Crippen LogP contribution in [0, 0.1) is 11.6 Å². The van der Waals surface area contributed by atoms with Gasteiger partial charge in [0, 0.05) is 11.8 Å². The lowest BCUT2D eigenvalue weighted by Gasteiger charge is -2.08. The Morgan fingerprint density at radius 2 is 2.00 bits per heavy atom. The Morgan fingerprint density at radius 1 is 1.20 bits per heavy atom. The van der Waals surface area contributed by atoms with E-state index in [9.17, 15) is 13.6 Å². The molecule has 1 N–H and O–H groups in total. The third-order valence-electron chi connectivity index (χ3n) is 2.37. The van der Waals surface area contributed by atoms with Crippen molar-refractivity contribution in [2.24, 2.45) is 0 Å². The van der Waals surface area contributed by atoms with E-state index in [1.807, 2.05) is 0 Å². The van der Waals surface area contributed by atoms with E-state index in [-0.39, 0.29) is 12.4 Å². The highest BCUT2D eigenvalue weighted by Gasteiger charge is 2.06. The monoisotopic (exact) mass is 341 g/mol. The predicted octanol–water partition coefficient (Wildman–Crippen LogP) is 3.74. The van der Waals surface area contributed by atoms with Crippen LogP contribution in [0.4, 0.5) is 14.5 Å². The molecule has 20 heavy (non-hydrogen) atoms. The molecule has 6 heteroatoms. The number of carbonyl (C=O) groups is 1. The van der Waals surface area contributed by atoms with E-state index < -0.39 is 17.5 Å². The number of halogens is 3. The van der Waals surface area contributed by atoms with Gasteiger partial charge in [-0.2, -0.15) is 0 Å². The second-order valence-electron chi connectivity index (χ2n) is 3.92. The van der Waals surface area contributed by atoms with Crippen LogP contribution in [-0.4, -0.2) is 12.5 Å². The molecule has 0 heterocycles. The molecule has 2 aromatic rings. The molecule has 0 saturated heterocycles. The van der Waals surface area contributed by atoms with Gasteiger partial charge >= 0.3 is 0 Å². The molecule has 0 radical (unpaired) electrons. The van der Waals surface area contributed by atoms with Crippen molar-refractivity contribution in [2.75, 3.05) is 11.9 Å². The normalized spacial score (nSPS) is 10.2. The summed E-state index contributed by atoms with van der Waals surface area (Å²) in [6.45, 7) is -0.294. The minimum atomic E-state index is -0.479. The number of benzene rings is 2. The van der Waals surface area contributed by atoms with Crippen LogP contribution in [0.2, 0.25) is 0 Å². The summed E-state index contributed by atoms with van der Waals surface area (Å²) in [5, 5.41) is 2.47. The Hall–Kier alpha value is -1.95. The van der Waals surface area contributed by atoms with Crippen molar-refractivity contribution in [1.82, 2.24) is 0 Å². The number of anilines is 1. The van der Waals surface area contributed by atoms with Crippen molar-refractivity contribution in [3.63, 3.8) is 0 Å². The Balaban J connectivity index is 1.90. The lowest BCUT2D eigenvalue weighted by atomic mass is 10.3. The second-order valence-corrected chi connectivity index (χ2v) is 4.78. The Morgan fingerprint density at radius 3 is 2.70 bits per heavy atom. The van der Waals surface area contributed by atoms with Gasteiger partial charge in [-0.1, -0.05) is 6.07 Å². The van der Waals surface area contributed by atoms with Crippen molar-refractivity contribution >= 4 is 27.5 Å². The first-order chi connectivity index (χ1) is 9.54. The number of hydrogen-bond donors (Lipinski definition) is 1. The molecular formula is C14H10BrF2NO2. The SMILES string of the molecule is O=C(COc1ccc(Br)c(F)c1)Nc1cccc(F)c1. The fourth-order valence-electron chi connectivity index (χ4n) is 1.48. The fraction of sp³-hybridized carbons (Fsp3) is 0.0714. The van der Waals surface area contributed by atoms with Crippen LogP contribution in [0.1, 0.15) is 0 Å². The van der Waals surface area contributed by atoms with Crippen LogP contribution in [0.3, 0.4) is 0 Å². The highest BCUT2D eigenvalue weighted by Crippen LogP contribution is 2.20. The number of amides is 1. The average molecular weight is 342 g/mol. The van der Waals surface area contributed by atoms with Crippen LogP contribution < -0.4 is 10.1 Å². The maximum absolute atomic E-state index is 13.2. The number of rotatable bonds is 4. The summed E-state index contributed by atoms with van der Waals surface area (Å²) < 4.78 is 31.6. The molecule has 0 atom stereocenters. The lowest BCUT2D eigenvalue weighted by Crippen LogP contribution is -2.20. The Labute approximate surface area is 122 Å². The zero-order valence-corrected chi connectivity index (χ0v) is 11.8. The molecule has 0 unspecified atom stereocenters. The van der Waals surface area contributed by atoms with Crippen molar-refractivity contribution in [3.05, 3.63) is 58.6 Å². The van der Waals surface area contributed by atoms with Gasteiger partial charge in [0.25, 0.3) is 5.91 Å². The van der Waals surface area contributed by atoms with E-state index in [2.05, 4.69) is 21.2 Å². The van der Waals surface area contributed by atoms with Gasteiger partial charge in [-0.05, 0) is 46.3 Å². The standard InChI is InChI=1S/C14H10BrF2NO2/c15-12-5-4-11(7-13(12)17)20-8-14(19)18-10-3-1-2-9(16)6-10/h1-7H,8H2,(H,18,19). The van der Waals surface area contributed by atoms with Crippen molar-refractivity contribution in [3.8, 4) is 5.75 Å². The summed E-state index contributed by atoms with van der Waals surface area (Å²) in [5.41, 5.74) is 0.334. The molecule has 0 aliphatic carbocycles. The van der Waals surface area contributed by atoms with E-state index in [0.29, 0.717) is 10.2 Å². The molecule has 0 bridgehead atoms. The number of carbonyl (C=O) groups excluding carboxylic acids is 1. The second kappa shape index (κ2) is 6.47. The summed E-state index contributed by atoms with van der Waals surface area (Å²) in [7, 11) is 0. The van der Waals surface area contributed by atoms with E-state index in [4.69, 9.17) is 4.74 Å². The van der Waals surface area contributed by atoms with Crippen LogP contribution in [-0.2, 0) is 4.79 Å². The topological polar surface area (TPSA) is 38.3 Å². The fourth-order valence-corrected chi connectivity index (χ4v) is 1.73. The largest absolute Gasteiger partial charge is 0.484 e. The first-order valence-corrected chi connectivity index (χ1v) is 6.47. The quantitative estimate of drug-likeness (QED) is 0.919. The minimum absolute atomic E-state index is 0.236. The molecule has 0 spiro atoms. The van der Waals surface area contributed by atoms with E-state index >= 15 is 0 Å². The molecule has 3 nitrogen and oxygen atoms in total. The Kier molecular flexibility index (Phi) is 4.68. The van der Waals surface area contributed by atoms with Gasteiger partial charge < -0.3 is 10.1 Å². The number of nitrogens with one attached hydrogen (secondary N) is 1. The molecule has 1 amide bonds. The van der Waals surface area contributed by atoms with Gasteiger partial charge in [0.1, 0.15) is 17.4 Å². The maximum Gasteiger partial charge on any atom is 0.262 e. The van der Waals surface area contributed by atoms with Crippen molar-refractivity contribution < 1.29 is 18.3 Å². The molecule has 104 valence electrons. The highest BCUT2D eigenvalue weighted by molar-refractivity contribution is 9.10. The van der Waals surface area contributed by atoms with E-state index in [1.54, 1.807) is 6.07 Å². The van der Waals surface area contributed by atoms with Gasteiger partial charge in [0.05, 0.1) is 4.47 Å². The first-order valence-electron chi connectivity index (χ1n) is 5.68. The van der Waals surface area contributed by atoms with Crippen LogP contribution in [0.25, 0.3) is 0 Å². The first kappa shape index (κ1) is 14.5. The minimum Gasteiger partial charge on any atom is -0.484 e. The summed E-state index contributed by atoms with van der Waals surface area (Å²) in [6.07, 6.45) is 0. The predicted molar refractivity (Wildman–Crippen MR) is 74.6 cm³/mol. The lowest BCUT2D eigenvalue weighted by molar-refractivity contribution is -0.118. The third kappa shape index (κ3) is 4.03. The average Bonchev–Trinajstić information content (AvgIpc) is 2.40. The zero-order chi connectivity index (χ0) is 14.5. The summed E-state index contributed by atoms with van der Waals surface area (Å²) in [6, 6.07) is 9.68. The van der Waals surface area contributed by atoms with Crippen molar-refractivity contribution in [1.29, 1.82) is 0 Å². The third-order valence-corrected chi connectivity index (χ3v) is 3.01. The van der Waals surface area contributed by atoms with E-state index in [1.165, 1.54) is 36.4 Å². The molecule has 0 saturated carbocycles. The van der Waals surface area contributed by atoms with Gasteiger partial charge in [0.15, 0.2) is 6.61 Å². The van der Waals surface area contributed by atoms with Crippen LogP contribution in [0.5, 0.6) is 5.75 Å². The smallest absolute Gasteiger partial charge is 0.262 e. The summed E-state index contributed by atoms with van der Waals surface area (Å²) in [5.74, 6) is -1.15. The van der Waals surface area contributed by atoms with E-state index in [0.717, 1.165) is 0 Å². The number of ether oxygens (including phenoxy) is 1. The molecular weight excluding hydrogens is 332 g/mol. The van der Waals surface area contributed by atoms with Gasteiger partial charge in [-0.25, -0.2) is 8.78 Å². The summed E-state index contributed by atoms with van der Waals surface area (Å²) in [4.78, 5) is 11.6. The molecule has 2 rings (SSSR count). The van der Waals surface area contributed by atoms with Crippen LogP contribution >= 0.6 is 15.9 Å². The maximum atomic E-state index is 13.2. The molecule has 0 fully saturated rings. The number of hydrogen-bond acceptors (Lipinski definition) is 2. The van der Waals surface area contributed by atoms with Gasteiger partial charge in [-0.15, -0.1) is 0 Å². The molecule has 2 aromatic carbocycles. The van der Waals surface area contributed by atoms with Gasteiger partial charge in [0.2, 0.25) is 0 Å². The molecule has 0 aromatic heterocycles. The van der Waals surface area contributed by atoms with Crippen molar-refractivity contribution in [2.45, 2.75) is 0 Å². The molecule has 0 aliphatic heterocycles. The Bertz CT molecular complexity index is 634. The highest BCUT2D eigenvalue weighted by atomic mass is 79.9. The van der Waals surface area contributed by atoms with Gasteiger partial charge in [-0.3, -0.25) is 4.79 Å². The van der Waals surface area contributed by atoms with Crippen LogP contribution in [0.15, 0.2) is 46.9 Å². The summed E-state index contributed by atoms with van der Waals surface area (Å²) >= 11 is 3.02. The zero-order valence-electron chi connectivity index (χ0n) is 10.2.